The van der Waals surface area contributed by atoms with Gasteiger partial charge in [-0.3, -0.25) is 15.1 Å². The van der Waals surface area contributed by atoms with Gasteiger partial charge in [-0.25, -0.2) is 0 Å². The molecule has 2 aromatic carbocycles. The summed E-state index contributed by atoms with van der Waals surface area (Å²) in [6.45, 7) is 2.07. The topological polar surface area (TPSA) is 56.0 Å². The third-order valence-corrected chi connectivity index (χ3v) is 4.23. The summed E-state index contributed by atoms with van der Waals surface area (Å²) in [5, 5.41) is 10.8. The van der Waals surface area contributed by atoms with Gasteiger partial charge in [0.05, 0.1) is 10.6 Å². The van der Waals surface area contributed by atoms with E-state index in [0.29, 0.717) is 0 Å². The lowest BCUT2D eigenvalue weighted by Gasteiger charge is -2.04. The fourth-order valence-corrected chi connectivity index (χ4v) is 3.08. The maximum Gasteiger partial charge on any atom is 0.269 e. The third-order valence-electron chi connectivity index (χ3n) is 4.23. The molecule has 0 aliphatic heterocycles. The molecular weight excluding hydrogens is 336 g/mol. The number of aromatic nitrogens is 1. The Hall–Kier alpha value is -2.98. The number of halogens is 1. The van der Waals surface area contributed by atoms with Gasteiger partial charge in [0.2, 0.25) is 0 Å². The van der Waals surface area contributed by atoms with Crippen LogP contribution in [0.4, 0.5) is 5.69 Å². The number of nitrogens with zero attached hydrogens (tertiary/aromatic N) is 2. The molecule has 0 unspecified atom stereocenters. The number of aryl methyl sites for hydroxylation is 1. The quantitative estimate of drug-likeness (QED) is 0.364. The average molecular weight is 351 g/mol. The Morgan fingerprint density at radius 3 is 2.48 bits per heavy atom. The minimum Gasteiger partial charge on any atom is -0.258 e. The number of hydrogen-bond acceptors (Lipinski definition) is 3. The monoisotopic (exact) mass is 350 g/mol. The van der Waals surface area contributed by atoms with Gasteiger partial charge in [0.1, 0.15) is 0 Å². The molecule has 4 rings (SSSR count). The maximum atomic E-state index is 10.8. The number of rotatable bonds is 2. The van der Waals surface area contributed by atoms with Crippen LogP contribution in [-0.2, 0) is 0 Å². The van der Waals surface area contributed by atoms with Crippen LogP contribution in [0.5, 0.6) is 0 Å². The van der Waals surface area contributed by atoms with Gasteiger partial charge in [-0.05, 0) is 47.9 Å². The molecule has 0 spiro atoms. The molecule has 1 aliphatic rings. The molecular formula is C20H15ClN2O2. The Morgan fingerprint density at radius 1 is 1.00 bits per heavy atom. The second-order valence-corrected chi connectivity index (χ2v) is 5.86. The van der Waals surface area contributed by atoms with Gasteiger partial charge in [-0.1, -0.05) is 29.8 Å². The van der Waals surface area contributed by atoms with Crippen molar-refractivity contribution in [1.82, 2.24) is 4.98 Å². The predicted octanol–water partition coefficient (Wildman–Crippen LogP) is 5.29. The van der Waals surface area contributed by atoms with E-state index in [-0.39, 0.29) is 23.0 Å². The molecule has 3 aromatic rings. The summed E-state index contributed by atoms with van der Waals surface area (Å²) in [7, 11) is 0. The first kappa shape index (κ1) is 16.9. The van der Waals surface area contributed by atoms with Crippen LogP contribution in [-0.4, -0.2) is 9.91 Å². The molecule has 0 atom stereocenters. The van der Waals surface area contributed by atoms with E-state index in [4.69, 9.17) is 0 Å². The van der Waals surface area contributed by atoms with Crippen LogP contribution in [0, 0.1) is 17.0 Å². The molecule has 0 radical (unpaired) electrons. The molecule has 124 valence electrons. The van der Waals surface area contributed by atoms with Gasteiger partial charge in [0.25, 0.3) is 5.69 Å². The van der Waals surface area contributed by atoms with Crippen molar-refractivity contribution in [3.05, 3.63) is 93.2 Å². The summed E-state index contributed by atoms with van der Waals surface area (Å²) in [5.74, 6) is 0. The number of benzene rings is 2. The zero-order valence-electron chi connectivity index (χ0n) is 13.5. The van der Waals surface area contributed by atoms with Crippen molar-refractivity contribution in [2.24, 2.45) is 0 Å². The lowest BCUT2D eigenvalue weighted by atomic mass is 10.00. The molecule has 0 saturated carbocycles. The van der Waals surface area contributed by atoms with E-state index in [0.717, 1.165) is 33.5 Å². The molecule has 0 saturated heterocycles. The minimum absolute atomic E-state index is 0. The van der Waals surface area contributed by atoms with Crippen molar-refractivity contribution in [1.29, 1.82) is 0 Å². The maximum absolute atomic E-state index is 10.8. The Labute approximate surface area is 151 Å². The highest BCUT2D eigenvalue weighted by atomic mass is 35.5. The van der Waals surface area contributed by atoms with E-state index in [9.17, 15) is 10.1 Å². The molecule has 0 fully saturated rings. The second-order valence-electron chi connectivity index (χ2n) is 5.86. The fourth-order valence-electron chi connectivity index (χ4n) is 3.08. The Balaban J connectivity index is 0.00000182. The van der Waals surface area contributed by atoms with Gasteiger partial charge in [-0.15, -0.1) is 12.4 Å². The SMILES string of the molecule is Cc1ccc2c(c1)/C(=C/c1ccc([N+](=O)[O-])cc1)c1cccnc1-2.Cl. The Morgan fingerprint density at radius 2 is 1.76 bits per heavy atom. The Kier molecular flexibility index (Phi) is 4.38. The second kappa shape index (κ2) is 6.49. The number of pyridine rings is 1. The summed E-state index contributed by atoms with van der Waals surface area (Å²) in [6, 6.07) is 17.0. The van der Waals surface area contributed by atoms with E-state index in [1.54, 1.807) is 18.3 Å². The number of nitro groups is 1. The lowest BCUT2D eigenvalue weighted by molar-refractivity contribution is -0.384. The van der Waals surface area contributed by atoms with Crippen LogP contribution >= 0.6 is 12.4 Å². The van der Waals surface area contributed by atoms with Crippen LogP contribution in [0.15, 0.2) is 60.8 Å². The number of nitro benzene ring substituents is 1. The Bertz CT molecular complexity index is 995. The molecule has 5 heteroatoms. The lowest BCUT2D eigenvalue weighted by Crippen LogP contribution is -1.87. The molecule has 1 aromatic heterocycles. The average Bonchev–Trinajstić information content (AvgIpc) is 2.89. The van der Waals surface area contributed by atoms with E-state index in [1.807, 2.05) is 6.07 Å². The molecule has 25 heavy (non-hydrogen) atoms. The fraction of sp³-hybridized carbons (Fsp3) is 0.0500. The zero-order chi connectivity index (χ0) is 16.7. The number of fused-ring (bicyclic) bond motifs is 3. The molecule has 1 aliphatic carbocycles. The highest BCUT2D eigenvalue weighted by Crippen LogP contribution is 2.44. The molecule has 1 heterocycles. The van der Waals surface area contributed by atoms with Crippen molar-refractivity contribution in [3.8, 4) is 11.3 Å². The van der Waals surface area contributed by atoms with E-state index < -0.39 is 0 Å². The molecule has 0 bridgehead atoms. The number of hydrogen-bond donors (Lipinski definition) is 0. The van der Waals surface area contributed by atoms with Crippen molar-refractivity contribution in [2.75, 3.05) is 0 Å². The van der Waals surface area contributed by atoms with E-state index >= 15 is 0 Å². The van der Waals surface area contributed by atoms with Gasteiger partial charge in [0, 0.05) is 29.5 Å². The first-order chi connectivity index (χ1) is 11.6. The van der Waals surface area contributed by atoms with Gasteiger partial charge >= 0.3 is 0 Å². The summed E-state index contributed by atoms with van der Waals surface area (Å²) >= 11 is 0. The summed E-state index contributed by atoms with van der Waals surface area (Å²) in [5.41, 5.74) is 7.69. The highest BCUT2D eigenvalue weighted by Gasteiger charge is 2.24. The number of non-ortho nitro benzene ring substituents is 1. The van der Waals surface area contributed by atoms with Crippen molar-refractivity contribution >= 4 is 29.7 Å². The van der Waals surface area contributed by atoms with E-state index in [2.05, 4.69) is 42.2 Å². The first-order valence-electron chi connectivity index (χ1n) is 7.66. The van der Waals surface area contributed by atoms with E-state index in [1.165, 1.54) is 17.7 Å². The summed E-state index contributed by atoms with van der Waals surface area (Å²) in [4.78, 5) is 14.9. The van der Waals surface area contributed by atoms with Crippen LogP contribution in [0.25, 0.3) is 22.9 Å². The standard InChI is InChI=1S/C20H14N2O2.ClH/c1-13-4-9-17-18(11-13)19(16-3-2-10-21-20(16)17)12-14-5-7-15(8-6-14)22(23)24;/h2-12H,1H3;1H/b19-12+;. The highest BCUT2D eigenvalue weighted by molar-refractivity contribution is 6.05. The van der Waals surface area contributed by atoms with Crippen LogP contribution in [0.2, 0.25) is 0 Å². The summed E-state index contributed by atoms with van der Waals surface area (Å²) < 4.78 is 0. The molecule has 0 N–H and O–H groups in total. The summed E-state index contributed by atoms with van der Waals surface area (Å²) in [6.07, 6.45) is 3.87. The van der Waals surface area contributed by atoms with Gasteiger partial charge < -0.3 is 0 Å². The van der Waals surface area contributed by atoms with Crippen molar-refractivity contribution in [2.45, 2.75) is 6.92 Å². The van der Waals surface area contributed by atoms with Crippen LogP contribution < -0.4 is 0 Å². The van der Waals surface area contributed by atoms with Crippen molar-refractivity contribution in [3.63, 3.8) is 0 Å². The first-order valence-corrected chi connectivity index (χ1v) is 7.66. The normalized spacial score (nSPS) is 13.1. The van der Waals surface area contributed by atoms with Crippen LogP contribution in [0.3, 0.4) is 0 Å². The molecule has 4 nitrogen and oxygen atoms in total. The molecule has 0 amide bonds. The zero-order valence-corrected chi connectivity index (χ0v) is 14.3. The van der Waals surface area contributed by atoms with Gasteiger partial charge in [-0.2, -0.15) is 0 Å². The largest absolute Gasteiger partial charge is 0.269 e. The smallest absolute Gasteiger partial charge is 0.258 e. The predicted molar refractivity (Wildman–Crippen MR) is 102 cm³/mol. The third kappa shape index (κ3) is 2.92. The minimum atomic E-state index is -0.385. The van der Waals surface area contributed by atoms with Crippen molar-refractivity contribution < 1.29 is 4.92 Å². The van der Waals surface area contributed by atoms with Crippen LogP contribution in [0.1, 0.15) is 22.3 Å². The van der Waals surface area contributed by atoms with Gasteiger partial charge in [0.15, 0.2) is 0 Å².